The van der Waals surface area contributed by atoms with Crippen LogP contribution in [0.2, 0.25) is 0 Å². The fourth-order valence-electron chi connectivity index (χ4n) is 1.46. The normalized spacial score (nSPS) is 14.1. The van der Waals surface area contributed by atoms with Gasteiger partial charge in [-0.1, -0.05) is 18.2 Å². The van der Waals surface area contributed by atoms with Crippen molar-refractivity contribution in [2.75, 3.05) is 18.1 Å². The molecule has 0 aromatic heterocycles. The van der Waals surface area contributed by atoms with Crippen molar-refractivity contribution in [1.82, 2.24) is 0 Å². The van der Waals surface area contributed by atoms with E-state index in [0.717, 1.165) is 0 Å². The van der Waals surface area contributed by atoms with E-state index in [1.807, 2.05) is 0 Å². The summed E-state index contributed by atoms with van der Waals surface area (Å²) >= 11 is 0. The van der Waals surface area contributed by atoms with Crippen LogP contribution in [0.5, 0.6) is 0 Å². The van der Waals surface area contributed by atoms with Gasteiger partial charge in [-0.25, -0.2) is 0 Å². The number of aliphatic hydroxyl groups is 2. The van der Waals surface area contributed by atoms with E-state index in [4.69, 9.17) is 10.8 Å². The van der Waals surface area contributed by atoms with Crippen LogP contribution in [0.25, 0.3) is 0 Å². The van der Waals surface area contributed by atoms with Gasteiger partial charge in [-0.05, 0) is 12.1 Å². The molecule has 4 N–H and O–H groups in total. The van der Waals surface area contributed by atoms with E-state index in [1.165, 1.54) is 4.90 Å². The lowest BCUT2D eigenvalue weighted by Gasteiger charge is -2.29. The van der Waals surface area contributed by atoms with Gasteiger partial charge in [0.1, 0.15) is 0 Å². The van der Waals surface area contributed by atoms with Gasteiger partial charge in [0, 0.05) is 12.2 Å². The van der Waals surface area contributed by atoms with E-state index >= 15 is 0 Å². The molecule has 17 heavy (non-hydrogen) atoms. The monoisotopic (exact) mass is 241 g/mol. The number of nitro groups is 1. The minimum atomic E-state index is -1.90. The first-order valence-electron chi connectivity index (χ1n) is 5.07. The lowest BCUT2D eigenvalue weighted by molar-refractivity contribution is -0.573. The number of nitrogens with zero attached hydrogens (tertiary/aromatic N) is 2. The Kier molecular flexibility index (Phi) is 4.83. The molecular formula is C10H15N3O4. The molecule has 0 bridgehead atoms. The van der Waals surface area contributed by atoms with E-state index in [-0.39, 0.29) is 13.2 Å². The third kappa shape index (κ3) is 3.38. The molecule has 0 saturated carbocycles. The molecule has 94 valence electrons. The molecule has 0 heterocycles. The maximum Gasteiger partial charge on any atom is 0.346 e. The third-order valence-electron chi connectivity index (χ3n) is 2.31. The zero-order chi connectivity index (χ0) is 12.8. The molecule has 0 amide bonds. The molecule has 0 spiro atoms. The summed E-state index contributed by atoms with van der Waals surface area (Å²) in [6.07, 6.45) is -3.11. The van der Waals surface area contributed by atoms with Crippen molar-refractivity contribution in [3.05, 3.63) is 40.4 Å². The Morgan fingerprint density at radius 3 is 2.47 bits per heavy atom. The first-order valence-corrected chi connectivity index (χ1v) is 5.07. The van der Waals surface area contributed by atoms with Crippen molar-refractivity contribution < 1.29 is 15.1 Å². The predicted octanol–water partition coefficient (Wildman–Crippen LogP) is -0.635. The van der Waals surface area contributed by atoms with Crippen molar-refractivity contribution in [1.29, 1.82) is 0 Å². The van der Waals surface area contributed by atoms with Crippen molar-refractivity contribution >= 4 is 5.69 Å². The van der Waals surface area contributed by atoms with Crippen LogP contribution in [0.4, 0.5) is 5.69 Å². The number of benzene rings is 1. The molecule has 0 saturated heterocycles. The second-order valence-corrected chi connectivity index (χ2v) is 3.44. The Morgan fingerprint density at radius 2 is 2.00 bits per heavy atom. The van der Waals surface area contributed by atoms with Crippen molar-refractivity contribution in [2.24, 2.45) is 5.73 Å². The van der Waals surface area contributed by atoms with Gasteiger partial charge in [-0.3, -0.25) is 10.1 Å². The van der Waals surface area contributed by atoms with Crippen molar-refractivity contribution in [3.63, 3.8) is 0 Å². The molecule has 0 aliphatic carbocycles. The number of rotatable bonds is 6. The van der Waals surface area contributed by atoms with Crippen LogP contribution in [-0.4, -0.2) is 40.7 Å². The molecule has 1 aromatic rings. The molecule has 7 heteroatoms. The zero-order valence-corrected chi connectivity index (χ0v) is 9.14. The number of aliphatic hydroxyl groups excluding tert-OH is 2. The maximum atomic E-state index is 10.5. The molecule has 0 aliphatic heterocycles. The quantitative estimate of drug-likeness (QED) is 0.347. The summed E-state index contributed by atoms with van der Waals surface area (Å²) in [7, 11) is 0. The summed E-state index contributed by atoms with van der Waals surface area (Å²) in [6.45, 7) is -0.108. The summed E-state index contributed by atoms with van der Waals surface area (Å²) in [6, 6.07) is 8.66. The van der Waals surface area contributed by atoms with Gasteiger partial charge in [0.2, 0.25) is 0 Å². The first-order chi connectivity index (χ1) is 8.07. The van der Waals surface area contributed by atoms with Gasteiger partial charge in [0.25, 0.3) is 0 Å². The lowest BCUT2D eigenvalue weighted by Crippen LogP contribution is -2.54. The minimum absolute atomic E-state index is 0.107. The number of hydrogen-bond donors (Lipinski definition) is 3. The Labute approximate surface area is 98.2 Å². The van der Waals surface area contributed by atoms with E-state index < -0.39 is 17.3 Å². The standard InChI is InChI=1S/C10H15N3O4/c11-9(10(15)13(16)17)12(6-7-14)8-4-2-1-3-5-8/h1-5,9-10,14-15H,6-7,11H2. The second-order valence-electron chi connectivity index (χ2n) is 3.44. The van der Waals surface area contributed by atoms with Gasteiger partial charge in [-0.2, -0.15) is 0 Å². The molecule has 0 radical (unpaired) electrons. The molecule has 1 rings (SSSR count). The summed E-state index contributed by atoms with van der Waals surface area (Å²) in [5, 5.41) is 28.7. The predicted molar refractivity (Wildman–Crippen MR) is 61.9 cm³/mol. The first kappa shape index (κ1) is 13.4. The Balaban J connectivity index is 2.89. The number of nitrogens with two attached hydrogens (primary N) is 1. The van der Waals surface area contributed by atoms with Gasteiger partial charge in [0.05, 0.1) is 11.5 Å². The van der Waals surface area contributed by atoms with Gasteiger partial charge in [0.15, 0.2) is 6.17 Å². The molecule has 2 atom stereocenters. The van der Waals surface area contributed by atoms with Gasteiger partial charge in [-0.15, -0.1) is 0 Å². The van der Waals surface area contributed by atoms with E-state index in [9.17, 15) is 15.2 Å². The molecule has 2 unspecified atom stereocenters. The van der Waals surface area contributed by atoms with E-state index in [2.05, 4.69) is 0 Å². The summed E-state index contributed by atoms with van der Waals surface area (Å²) in [4.78, 5) is 11.0. The SMILES string of the molecule is NC(C(O)[N+](=O)[O-])N(CCO)c1ccccc1. The summed E-state index contributed by atoms with van der Waals surface area (Å²) in [5.41, 5.74) is 6.21. The highest BCUT2D eigenvalue weighted by molar-refractivity contribution is 5.46. The molecule has 1 aromatic carbocycles. The van der Waals surface area contributed by atoms with Crippen LogP contribution in [0.1, 0.15) is 0 Å². The fraction of sp³-hybridized carbons (Fsp3) is 0.400. The molecular weight excluding hydrogens is 226 g/mol. The van der Waals surface area contributed by atoms with Crippen LogP contribution < -0.4 is 10.6 Å². The van der Waals surface area contributed by atoms with Crippen LogP contribution in [0.3, 0.4) is 0 Å². The molecule has 7 nitrogen and oxygen atoms in total. The number of para-hydroxylation sites is 1. The number of anilines is 1. The second kappa shape index (κ2) is 6.14. The highest BCUT2D eigenvalue weighted by atomic mass is 16.7. The smallest absolute Gasteiger partial charge is 0.346 e. The Hall–Kier alpha value is -1.70. The highest BCUT2D eigenvalue weighted by Crippen LogP contribution is 2.15. The topological polar surface area (TPSA) is 113 Å². The minimum Gasteiger partial charge on any atom is -0.395 e. The molecule has 0 fully saturated rings. The Morgan fingerprint density at radius 1 is 1.41 bits per heavy atom. The zero-order valence-electron chi connectivity index (χ0n) is 9.14. The average Bonchev–Trinajstić information content (AvgIpc) is 2.35. The molecule has 0 aliphatic rings. The van der Waals surface area contributed by atoms with Crippen LogP contribution in [0.15, 0.2) is 30.3 Å². The fourth-order valence-corrected chi connectivity index (χ4v) is 1.46. The summed E-state index contributed by atoms with van der Waals surface area (Å²) < 4.78 is 0. The van der Waals surface area contributed by atoms with Crippen molar-refractivity contribution in [2.45, 2.75) is 12.4 Å². The maximum absolute atomic E-state index is 10.5. The largest absolute Gasteiger partial charge is 0.395 e. The van der Waals surface area contributed by atoms with Crippen LogP contribution in [-0.2, 0) is 0 Å². The summed E-state index contributed by atoms with van der Waals surface area (Å²) in [5.74, 6) is 0. The van der Waals surface area contributed by atoms with Gasteiger partial charge < -0.3 is 20.8 Å². The van der Waals surface area contributed by atoms with Crippen molar-refractivity contribution in [3.8, 4) is 0 Å². The van der Waals surface area contributed by atoms with E-state index in [0.29, 0.717) is 5.69 Å². The lowest BCUT2D eigenvalue weighted by atomic mass is 10.2. The number of hydrogen-bond acceptors (Lipinski definition) is 6. The van der Waals surface area contributed by atoms with Crippen LogP contribution in [0, 0.1) is 10.1 Å². The Bertz CT molecular complexity index is 360. The van der Waals surface area contributed by atoms with Crippen LogP contribution >= 0.6 is 0 Å². The third-order valence-corrected chi connectivity index (χ3v) is 2.31. The average molecular weight is 241 g/mol. The van der Waals surface area contributed by atoms with E-state index in [1.54, 1.807) is 30.3 Å². The van der Waals surface area contributed by atoms with Gasteiger partial charge >= 0.3 is 6.23 Å². The highest BCUT2D eigenvalue weighted by Gasteiger charge is 2.30.